The van der Waals surface area contributed by atoms with Crippen molar-refractivity contribution >= 4 is 15.9 Å². The van der Waals surface area contributed by atoms with Gasteiger partial charge in [0, 0.05) is 6.61 Å². The van der Waals surface area contributed by atoms with Crippen molar-refractivity contribution < 1.29 is 9.84 Å². The van der Waals surface area contributed by atoms with Crippen molar-refractivity contribution in [2.45, 2.75) is 13.5 Å². The summed E-state index contributed by atoms with van der Waals surface area (Å²) in [4.78, 5) is 0. The van der Waals surface area contributed by atoms with Crippen LogP contribution in [0.4, 0.5) is 0 Å². The summed E-state index contributed by atoms with van der Waals surface area (Å²) in [5, 5.41) is 9.18. The van der Waals surface area contributed by atoms with Crippen LogP contribution in [0.3, 0.4) is 0 Å². The number of benzene rings is 1. The highest BCUT2D eigenvalue weighted by Crippen LogP contribution is 2.24. The summed E-state index contributed by atoms with van der Waals surface area (Å²) in [6.07, 6.45) is 0. The Hall–Kier alpha value is -0.540. The van der Waals surface area contributed by atoms with Gasteiger partial charge in [-0.1, -0.05) is 6.07 Å². The molecule has 0 saturated carbocycles. The fourth-order valence-electron chi connectivity index (χ4n) is 0.860. The summed E-state index contributed by atoms with van der Waals surface area (Å²) in [5.74, 6) is 0.259. The van der Waals surface area contributed by atoms with Crippen molar-refractivity contribution in [3.8, 4) is 5.75 Å². The zero-order valence-electron chi connectivity index (χ0n) is 6.88. The number of rotatable bonds is 3. The molecule has 0 fully saturated rings. The van der Waals surface area contributed by atoms with E-state index < -0.39 is 0 Å². The highest BCUT2D eigenvalue weighted by atomic mass is 79.9. The molecule has 1 N–H and O–H groups in total. The number of ether oxygens (including phenoxy) is 1. The van der Waals surface area contributed by atoms with Gasteiger partial charge in [-0.05, 0) is 40.5 Å². The maximum atomic E-state index is 9.18. The van der Waals surface area contributed by atoms with Crippen LogP contribution in [0.15, 0.2) is 22.7 Å². The lowest BCUT2D eigenvalue weighted by atomic mass is 10.2. The van der Waals surface area contributed by atoms with Crippen LogP contribution in [-0.2, 0) is 11.3 Å². The average Bonchev–Trinajstić information content (AvgIpc) is 2.07. The molecule has 0 heterocycles. The Labute approximate surface area is 80.3 Å². The maximum Gasteiger partial charge on any atom is 0.129 e. The van der Waals surface area contributed by atoms with E-state index in [1.54, 1.807) is 6.07 Å². The van der Waals surface area contributed by atoms with Gasteiger partial charge >= 0.3 is 0 Å². The normalized spacial score (nSPS) is 10.2. The Morgan fingerprint density at radius 3 is 2.83 bits per heavy atom. The molecule has 1 aromatic rings. The van der Waals surface area contributed by atoms with Crippen LogP contribution in [0.25, 0.3) is 0 Å². The van der Waals surface area contributed by atoms with Crippen LogP contribution in [0.5, 0.6) is 5.75 Å². The van der Waals surface area contributed by atoms with Crippen molar-refractivity contribution in [2.75, 3.05) is 6.61 Å². The van der Waals surface area contributed by atoms with Gasteiger partial charge in [0.2, 0.25) is 0 Å². The van der Waals surface area contributed by atoms with Crippen LogP contribution in [0, 0.1) is 0 Å². The van der Waals surface area contributed by atoms with Crippen molar-refractivity contribution in [3.63, 3.8) is 0 Å². The number of phenolic OH excluding ortho intramolecular Hbond substituents is 1. The van der Waals surface area contributed by atoms with Crippen LogP contribution in [-0.4, -0.2) is 11.7 Å². The Morgan fingerprint density at radius 2 is 2.25 bits per heavy atom. The second kappa shape index (κ2) is 4.48. The number of phenols is 1. The van der Waals surface area contributed by atoms with Crippen LogP contribution >= 0.6 is 15.9 Å². The van der Waals surface area contributed by atoms with Gasteiger partial charge < -0.3 is 9.84 Å². The summed E-state index contributed by atoms with van der Waals surface area (Å²) in [6, 6.07) is 5.35. The van der Waals surface area contributed by atoms with E-state index in [2.05, 4.69) is 15.9 Å². The monoisotopic (exact) mass is 230 g/mol. The Kier molecular flexibility index (Phi) is 3.56. The summed E-state index contributed by atoms with van der Waals surface area (Å²) in [5.41, 5.74) is 1.06. The minimum absolute atomic E-state index is 0.259. The quantitative estimate of drug-likeness (QED) is 0.866. The first-order chi connectivity index (χ1) is 5.74. The van der Waals surface area contributed by atoms with E-state index in [1.807, 2.05) is 19.1 Å². The molecule has 12 heavy (non-hydrogen) atoms. The van der Waals surface area contributed by atoms with Crippen LogP contribution < -0.4 is 0 Å². The van der Waals surface area contributed by atoms with Crippen molar-refractivity contribution in [3.05, 3.63) is 28.2 Å². The molecule has 1 aromatic carbocycles. The second-order valence-corrected chi connectivity index (χ2v) is 3.28. The summed E-state index contributed by atoms with van der Waals surface area (Å²) in [7, 11) is 0. The average molecular weight is 231 g/mol. The molecule has 0 unspecified atom stereocenters. The Balaban J connectivity index is 2.69. The molecule has 0 aromatic heterocycles. The van der Waals surface area contributed by atoms with E-state index in [-0.39, 0.29) is 5.75 Å². The van der Waals surface area contributed by atoms with Gasteiger partial charge in [0.15, 0.2) is 0 Å². The zero-order chi connectivity index (χ0) is 8.97. The van der Waals surface area contributed by atoms with Gasteiger partial charge in [0.1, 0.15) is 5.75 Å². The van der Waals surface area contributed by atoms with Gasteiger partial charge in [0.05, 0.1) is 11.1 Å². The lowest BCUT2D eigenvalue weighted by molar-refractivity contribution is 0.134. The summed E-state index contributed by atoms with van der Waals surface area (Å²) >= 11 is 3.23. The largest absolute Gasteiger partial charge is 0.507 e. The number of hydrogen-bond donors (Lipinski definition) is 1. The molecule has 0 bridgehead atoms. The van der Waals surface area contributed by atoms with Crippen molar-refractivity contribution in [1.82, 2.24) is 0 Å². The first-order valence-corrected chi connectivity index (χ1v) is 4.58. The second-order valence-electron chi connectivity index (χ2n) is 2.42. The smallest absolute Gasteiger partial charge is 0.129 e. The highest BCUT2D eigenvalue weighted by Gasteiger charge is 1.98. The molecule has 0 aliphatic rings. The fourth-order valence-corrected chi connectivity index (χ4v) is 1.29. The molecule has 3 heteroatoms. The lowest BCUT2D eigenvalue weighted by Gasteiger charge is -2.02. The number of hydrogen-bond acceptors (Lipinski definition) is 2. The van der Waals surface area contributed by atoms with Crippen molar-refractivity contribution in [2.24, 2.45) is 0 Å². The molecule has 0 saturated heterocycles. The Bertz CT molecular complexity index is 261. The summed E-state index contributed by atoms with van der Waals surface area (Å²) < 4.78 is 5.92. The van der Waals surface area contributed by atoms with Crippen molar-refractivity contribution in [1.29, 1.82) is 0 Å². The van der Waals surface area contributed by atoms with Gasteiger partial charge in [-0.25, -0.2) is 0 Å². The minimum atomic E-state index is 0.259. The van der Waals surface area contributed by atoms with E-state index >= 15 is 0 Å². The van der Waals surface area contributed by atoms with E-state index in [9.17, 15) is 5.11 Å². The number of aromatic hydroxyl groups is 1. The van der Waals surface area contributed by atoms with E-state index in [0.717, 1.165) is 5.56 Å². The third kappa shape index (κ3) is 2.50. The van der Waals surface area contributed by atoms with Gasteiger partial charge in [-0.2, -0.15) is 0 Å². The van der Waals surface area contributed by atoms with Crippen LogP contribution in [0.2, 0.25) is 0 Å². The fraction of sp³-hybridized carbons (Fsp3) is 0.333. The predicted molar refractivity (Wildman–Crippen MR) is 51.1 cm³/mol. The van der Waals surface area contributed by atoms with Gasteiger partial charge in [0.25, 0.3) is 0 Å². The zero-order valence-corrected chi connectivity index (χ0v) is 8.47. The molecule has 0 aliphatic heterocycles. The third-order valence-electron chi connectivity index (χ3n) is 1.48. The van der Waals surface area contributed by atoms with E-state index in [4.69, 9.17) is 4.74 Å². The maximum absolute atomic E-state index is 9.18. The lowest BCUT2D eigenvalue weighted by Crippen LogP contribution is -1.91. The molecule has 0 aliphatic carbocycles. The predicted octanol–water partition coefficient (Wildman–Crippen LogP) is 2.69. The molecule has 0 radical (unpaired) electrons. The van der Waals surface area contributed by atoms with Crippen LogP contribution in [0.1, 0.15) is 12.5 Å². The number of halogens is 1. The minimum Gasteiger partial charge on any atom is -0.507 e. The first kappa shape index (κ1) is 9.55. The SMILES string of the molecule is CCOCc1ccc(O)c(Br)c1. The first-order valence-electron chi connectivity index (χ1n) is 3.79. The summed E-state index contributed by atoms with van der Waals surface area (Å²) in [6.45, 7) is 3.25. The molecular formula is C9H11BrO2. The standard InChI is InChI=1S/C9H11BrO2/c1-2-12-6-7-3-4-9(11)8(10)5-7/h3-5,11H,2,6H2,1H3. The molecule has 2 nitrogen and oxygen atoms in total. The molecule has 0 atom stereocenters. The molecule has 1 rings (SSSR count). The topological polar surface area (TPSA) is 29.5 Å². The molecule has 0 amide bonds. The molecule has 66 valence electrons. The van der Waals surface area contributed by atoms with E-state index in [1.165, 1.54) is 0 Å². The molecular weight excluding hydrogens is 220 g/mol. The molecule has 0 spiro atoms. The van der Waals surface area contributed by atoms with Gasteiger partial charge in [-0.3, -0.25) is 0 Å². The van der Waals surface area contributed by atoms with E-state index in [0.29, 0.717) is 17.7 Å². The Morgan fingerprint density at radius 1 is 1.50 bits per heavy atom. The highest BCUT2D eigenvalue weighted by molar-refractivity contribution is 9.10. The third-order valence-corrected chi connectivity index (χ3v) is 2.12. The van der Waals surface area contributed by atoms with Gasteiger partial charge in [-0.15, -0.1) is 0 Å².